The SMILES string of the molecule is Cl.Nc1ccc(C(=O)N[C@@H]2CCCC[C@H]2O)c(Cl)c1. The van der Waals surface area contributed by atoms with E-state index in [-0.39, 0.29) is 24.4 Å². The molecule has 4 nitrogen and oxygen atoms in total. The van der Waals surface area contributed by atoms with Crippen molar-refractivity contribution in [3.8, 4) is 0 Å². The van der Waals surface area contributed by atoms with Crippen LogP contribution in [0.3, 0.4) is 0 Å². The summed E-state index contributed by atoms with van der Waals surface area (Å²) in [6.45, 7) is 0. The molecule has 19 heavy (non-hydrogen) atoms. The molecule has 1 aromatic carbocycles. The minimum Gasteiger partial charge on any atom is -0.399 e. The van der Waals surface area contributed by atoms with E-state index in [0.717, 1.165) is 25.7 Å². The molecule has 1 aromatic rings. The number of carbonyl (C=O) groups is 1. The third kappa shape index (κ3) is 4.00. The Balaban J connectivity index is 0.00000180. The topological polar surface area (TPSA) is 75.4 Å². The highest BCUT2D eigenvalue weighted by atomic mass is 35.5. The minimum atomic E-state index is -0.463. The molecule has 106 valence electrons. The summed E-state index contributed by atoms with van der Waals surface area (Å²) in [5.41, 5.74) is 6.49. The molecule has 0 aliphatic heterocycles. The van der Waals surface area contributed by atoms with Gasteiger partial charge < -0.3 is 16.2 Å². The van der Waals surface area contributed by atoms with Crippen molar-refractivity contribution in [3.63, 3.8) is 0 Å². The lowest BCUT2D eigenvalue weighted by molar-refractivity contribution is 0.0717. The van der Waals surface area contributed by atoms with E-state index in [1.54, 1.807) is 18.2 Å². The first-order chi connectivity index (χ1) is 8.58. The maximum atomic E-state index is 12.0. The van der Waals surface area contributed by atoms with Crippen LogP contribution in [-0.2, 0) is 0 Å². The number of hydrogen-bond donors (Lipinski definition) is 3. The first-order valence-corrected chi connectivity index (χ1v) is 6.49. The summed E-state index contributed by atoms with van der Waals surface area (Å²) < 4.78 is 0. The molecule has 0 heterocycles. The van der Waals surface area contributed by atoms with E-state index in [0.29, 0.717) is 16.3 Å². The van der Waals surface area contributed by atoms with Crippen LogP contribution in [0.2, 0.25) is 5.02 Å². The van der Waals surface area contributed by atoms with Crippen molar-refractivity contribution >= 4 is 35.6 Å². The van der Waals surface area contributed by atoms with Gasteiger partial charge in [-0.1, -0.05) is 24.4 Å². The predicted molar refractivity (Wildman–Crippen MR) is 78.8 cm³/mol. The number of anilines is 1. The number of halogens is 2. The minimum absolute atomic E-state index is 0. The lowest BCUT2D eigenvalue weighted by atomic mass is 9.92. The first-order valence-electron chi connectivity index (χ1n) is 6.12. The van der Waals surface area contributed by atoms with Gasteiger partial charge in [-0.15, -0.1) is 12.4 Å². The van der Waals surface area contributed by atoms with Crippen molar-refractivity contribution in [1.29, 1.82) is 0 Å². The van der Waals surface area contributed by atoms with Crippen LogP contribution in [0.1, 0.15) is 36.0 Å². The molecule has 0 radical (unpaired) electrons. The second-order valence-electron chi connectivity index (χ2n) is 4.67. The fourth-order valence-electron chi connectivity index (χ4n) is 2.24. The molecule has 1 aliphatic carbocycles. The van der Waals surface area contributed by atoms with Crippen LogP contribution < -0.4 is 11.1 Å². The van der Waals surface area contributed by atoms with E-state index in [1.165, 1.54) is 0 Å². The Labute approximate surface area is 123 Å². The summed E-state index contributed by atoms with van der Waals surface area (Å²) in [6.07, 6.45) is 3.11. The lowest BCUT2D eigenvalue weighted by Gasteiger charge is -2.28. The Morgan fingerprint density at radius 1 is 1.37 bits per heavy atom. The van der Waals surface area contributed by atoms with Gasteiger partial charge >= 0.3 is 0 Å². The lowest BCUT2D eigenvalue weighted by Crippen LogP contribution is -2.45. The number of rotatable bonds is 2. The molecular formula is C13H18Cl2N2O2. The van der Waals surface area contributed by atoms with E-state index in [4.69, 9.17) is 17.3 Å². The normalized spacial score (nSPS) is 22.4. The Morgan fingerprint density at radius 3 is 2.68 bits per heavy atom. The van der Waals surface area contributed by atoms with Crippen LogP contribution in [-0.4, -0.2) is 23.2 Å². The molecule has 0 bridgehead atoms. The number of aliphatic hydroxyl groups is 1. The summed E-state index contributed by atoms with van der Waals surface area (Å²) in [7, 11) is 0. The Bertz CT molecular complexity index is 454. The number of nitrogens with two attached hydrogens (primary N) is 1. The fraction of sp³-hybridized carbons (Fsp3) is 0.462. The van der Waals surface area contributed by atoms with Gasteiger partial charge in [-0.3, -0.25) is 4.79 Å². The summed E-state index contributed by atoms with van der Waals surface area (Å²) in [5.74, 6) is -0.258. The molecule has 6 heteroatoms. The number of amides is 1. The largest absolute Gasteiger partial charge is 0.399 e. The number of nitrogens with one attached hydrogen (secondary N) is 1. The van der Waals surface area contributed by atoms with Crippen LogP contribution in [0, 0.1) is 0 Å². The molecule has 1 saturated carbocycles. The third-order valence-electron chi connectivity index (χ3n) is 3.28. The van der Waals surface area contributed by atoms with Gasteiger partial charge in [0.05, 0.1) is 22.7 Å². The summed E-state index contributed by atoms with van der Waals surface area (Å²) in [6, 6.07) is 4.61. The van der Waals surface area contributed by atoms with Crippen LogP contribution >= 0.6 is 24.0 Å². The maximum absolute atomic E-state index is 12.0. The molecule has 2 atom stereocenters. The number of hydrogen-bond acceptors (Lipinski definition) is 3. The van der Waals surface area contributed by atoms with Gasteiger partial charge in [0, 0.05) is 5.69 Å². The van der Waals surface area contributed by atoms with Gasteiger partial charge in [0.25, 0.3) is 5.91 Å². The van der Waals surface area contributed by atoms with E-state index in [9.17, 15) is 9.90 Å². The highest BCUT2D eigenvalue weighted by Gasteiger charge is 2.25. The number of carbonyl (C=O) groups excluding carboxylic acids is 1. The molecule has 2 rings (SSSR count). The van der Waals surface area contributed by atoms with E-state index in [2.05, 4.69) is 5.32 Å². The van der Waals surface area contributed by atoms with Crippen molar-refractivity contribution in [2.45, 2.75) is 37.8 Å². The highest BCUT2D eigenvalue weighted by molar-refractivity contribution is 6.34. The predicted octanol–water partition coefficient (Wildman–Crippen LogP) is 2.38. The Morgan fingerprint density at radius 2 is 2.05 bits per heavy atom. The molecule has 0 aromatic heterocycles. The maximum Gasteiger partial charge on any atom is 0.253 e. The number of nitrogen functional groups attached to an aromatic ring is 1. The van der Waals surface area contributed by atoms with Gasteiger partial charge in [0.2, 0.25) is 0 Å². The van der Waals surface area contributed by atoms with Crippen LogP contribution in [0.15, 0.2) is 18.2 Å². The molecule has 1 aliphatic rings. The number of aliphatic hydroxyl groups excluding tert-OH is 1. The molecule has 1 fully saturated rings. The van der Waals surface area contributed by atoms with Gasteiger partial charge in [-0.05, 0) is 31.0 Å². The molecule has 0 unspecified atom stereocenters. The summed E-state index contributed by atoms with van der Waals surface area (Å²) in [4.78, 5) is 12.0. The van der Waals surface area contributed by atoms with Crippen molar-refractivity contribution in [2.75, 3.05) is 5.73 Å². The van der Waals surface area contributed by atoms with Crippen LogP contribution in [0.4, 0.5) is 5.69 Å². The van der Waals surface area contributed by atoms with Crippen LogP contribution in [0.5, 0.6) is 0 Å². The highest BCUT2D eigenvalue weighted by Crippen LogP contribution is 2.22. The van der Waals surface area contributed by atoms with Crippen molar-refractivity contribution in [1.82, 2.24) is 5.32 Å². The zero-order valence-electron chi connectivity index (χ0n) is 10.4. The summed E-state index contributed by atoms with van der Waals surface area (Å²) in [5, 5.41) is 13.0. The fourth-order valence-corrected chi connectivity index (χ4v) is 2.52. The molecule has 0 saturated heterocycles. The van der Waals surface area contributed by atoms with Gasteiger partial charge in [-0.25, -0.2) is 0 Å². The third-order valence-corrected chi connectivity index (χ3v) is 3.60. The van der Waals surface area contributed by atoms with E-state index in [1.807, 2.05) is 0 Å². The van der Waals surface area contributed by atoms with Crippen molar-refractivity contribution < 1.29 is 9.90 Å². The number of benzene rings is 1. The van der Waals surface area contributed by atoms with Crippen molar-refractivity contribution in [2.24, 2.45) is 0 Å². The Kier molecular flexibility index (Phi) is 5.91. The van der Waals surface area contributed by atoms with Gasteiger partial charge in [0.15, 0.2) is 0 Å². The Hall–Kier alpha value is -0.970. The first kappa shape index (κ1) is 16.1. The average Bonchev–Trinajstić information content (AvgIpc) is 2.32. The summed E-state index contributed by atoms with van der Waals surface area (Å²) >= 11 is 5.98. The average molecular weight is 305 g/mol. The molecule has 0 spiro atoms. The van der Waals surface area contributed by atoms with Crippen LogP contribution in [0.25, 0.3) is 0 Å². The second kappa shape index (κ2) is 6.98. The quantitative estimate of drug-likeness (QED) is 0.734. The van der Waals surface area contributed by atoms with E-state index >= 15 is 0 Å². The van der Waals surface area contributed by atoms with Gasteiger partial charge in [0.1, 0.15) is 0 Å². The zero-order chi connectivity index (χ0) is 13.1. The second-order valence-corrected chi connectivity index (χ2v) is 5.08. The molecular weight excluding hydrogens is 287 g/mol. The van der Waals surface area contributed by atoms with E-state index < -0.39 is 6.10 Å². The monoisotopic (exact) mass is 304 g/mol. The zero-order valence-corrected chi connectivity index (χ0v) is 12.0. The standard InChI is InChI=1S/C13H17ClN2O2.ClH/c14-10-7-8(15)5-6-9(10)13(18)16-11-3-1-2-4-12(11)17;/h5-7,11-12,17H,1-4,15H2,(H,16,18);1H/t11-,12-;/m1./s1. The molecule has 1 amide bonds. The smallest absolute Gasteiger partial charge is 0.253 e. The molecule has 4 N–H and O–H groups in total. The van der Waals surface area contributed by atoms with Gasteiger partial charge in [-0.2, -0.15) is 0 Å². The van der Waals surface area contributed by atoms with Crippen molar-refractivity contribution in [3.05, 3.63) is 28.8 Å².